The molecule has 1 N–H and O–H groups in total. The molecule has 0 aliphatic heterocycles. The number of rotatable bonds is 5. The summed E-state index contributed by atoms with van der Waals surface area (Å²) in [4.78, 5) is 12.6. The van der Waals surface area contributed by atoms with Gasteiger partial charge in [-0.1, -0.05) is 67.3 Å². The number of carbonyl (C=O) groups is 1. The number of nitrogens with one attached hydrogen (secondary N) is 1. The summed E-state index contributed by atoms with van der Waals surface area (Å²) in [5.74, 6) is 0.989. The van der Waals surface area contributed by atoms with Gasteiger partial charge in [0, 0.05) is 23.0 Å². The first-order chi connectivity index (χ1) is 12.1. The van der Waals surface area contributed by atoms with E-state index < -0.39 is 0 Å². The lowest BCUT2D eigenvalue weighted by Gasteiger charge is -2.31. The highest BCUT2D eigenvalue weighted by atomic mass is 35.5. The summed E-state index contributed by atoms with van der Waals surface area (Å²) in [6.45, 7) is 2.62. The number of aryl methyl sites for hydroxylation is 1. The Morgan fingerprint density at radius 3 is 2.52 bits per heavy atom. The maximum atomic E-state index is 12.6. The van der Waals surface area contributed by atoms with E-state index in [0.717, 1.165) is 5.56 Å². The minimum atomic E-state index is -0.0429. The van der Waals surface area contributed by atoms with E-state index >= 15 is 0 Å². The maximum Gasteiger partial charge on any atom is 0.251 e. The Morgan fingerprint density at radius 1 is 1.12 bits per heavy atom. The molecule has 132 valence electrons. The van der Waals surface area contributed by atoms with Crippen molar-refractivity contribution in [3.63, 3.8) is 0 Å². The van der Waals surface area contributed by atoms with Gasteiger partial charge in [0.1, 0.15) is 0 Å². The van der Waals surface area contributed by atoms with Gasteiger partial charge in [-0.25, -0.2) is 0 Å². The molecule has 3 heteroatoms. The van der Waals surface area contributed by atoms with Crippen molar-refractivity contribution in [3.05, 3.63) is 70.2 Å². The lowest BCUT2D eigenvalue weighted by atomic mass is 9.76. The van der Waals surface area contributed by atoms with Crippen LogP contribution in [0.4, 0.5) is 0 Å². The number of hydrogen-bond acceptors (Lipinski definition) is 1. The molecule has 0 aromatic heterocycles. The fourth-order valence-corrected chi connectivity index (χ4v) is 4.01. The molecule has 1 saturated carbocycles. The van der Waals surface area contributed by atoms with Crippen molar-refractivity contribution in [1.82, 2.24) is 5.32 Å². The average Bonchev–Trinajstić information content (AvgIpc) is 2.66. The van der Waals surface area contributed by atoms with E-state index in [2.05, 4.69) is 29.6 Å². The van der Waals surface area contributed by atoms with E-state index in [4.69, 9.17) is 11.6 Å². The second kappa shape index (κ2) is 8.53. The molecular weight excluding hydrogens is 330 g/mol. The lowest BCUT2D eigenvalue weighted by molar-refractivity contribution is 0.0946. The topological polar surface area (TPSA) is 29.1 Å². The first-order valence-electron chi connectivity index (χ1n) is 9.24. The third-order valence-corrected chi connectivity index (χ3v) is 5.77. The molecule has 25 heavy (non-hydrogen) atoms. The minimum absolute atomic E-state index is 0.0429. The zero-order chi connectivity index (χ0) is 17.6. The molecule has 1 atom stereocenters. The van der Waals surface area contributed by atoms with Gasteiger partial charge in [-0.3, -0.25) is 4.79 Å². The van der Waals surface area contributed by atoms with E-state index in [1.165, 1.54) is 37.7 Å². The van der Waals surface area contributed by atoms with Gasteiger partial charge < -0.3 is 5.32 Å². The Labute approximate surface area is 155 Å². The van der Waals surface area contributed by atoms with Gasteiger partial charge in [0.15, 0.2) is 0 Å². The second-order valence-electron chi connectivity index (χ2n) is 7.09. The van der Waals surface area contributed by atoms with Gasteiger partial charge in [-0.05, 0) is 48.9 Å². The first-order valence-corrected chi connectivity index (χ1v) is 9.62. The van der Waals surface area contributed by atoms with Crippen LogP contribution in [0.3, 0.4) is 0 Å². The van der Waals surface area contributed by atoms with Crippen LogP contribution >= 0.6 is 11.6 Å². The fraction of sp³-hybridized carbons (Fsp3) is 0.409. The lowest BCUT2D eigenvalue weighted by Crippen LogP contribution is -2.32. The van der Waals surface area contributed by atoms with Gasteiger partial charge in [-0.15, -0.1) is 0 Å². The Balaban J connectivity index is 1.71. The molecule has 1 amide bonds. The summed E-state index contributed by atoms with van der Waals surface area (Å²) in [5.41, 5.74) is 2.95. The molecule has 0 spiro atoms. The van der Waals surface area contributed by atoms with Crippen LogP contribution in [0, 0.1) is 12.8 Å². The van der Waals surface area contributed by atoms with E-state index in [0.29, 0.717) is 29.0 Å². The number of amides is 1. The molecule has 1 aliphatic rings. The number of benzene rings is 2. The molecule has 0 heterocycles. The quantitative estimate of drug-likeness (QED) is 0.727. The van der Waals surface area contributed by atoms with Crippen molar-refractivity contribution in [2.45, 2.75) is 44.9 Å². The van der Waals surface area contributed by atoms with Crippen molar-refractivity contribution in [2.24, 2.45) is 5.92 Å². The molecule has 2 aromatic carbocycles. The molecule has 1 aliphatic carbocycles. The van der Waals surface area contributed by atoms with Crippen LogP contribution in [0.25, 0.3) is 0 Å². The van der Waals surface area contributed by atoms with Crippen LogP contribution in [-0.4, -0.2) is 12.5 Å². The Bertz CT molecular complexity index is 707. The zero-order valence-corrected chi connectivity index (χ0v) is 15.6. The SMILES string of the molecule is Cc1ccc(C(=O)NCC(c2ccccc2)C2CCCCC2)cc1Cl. The standard InChI is InChI=1S/C22H26ClNO/c1-16-12-13-19(14-21(16)23)22(25)24-15-20(17-8-4-2-5-9-17)18-10-6-3-7-11-18/h2,4-5,8-9,12-14,18,20H,3,6-7,10-11,15H2,1H3,(H,24,25). The first kappa shape index (κ1) is 18.0. The molecule has 2 aromatic rings. The third-order valence-electron chi connectivity index (χ3n) is 5.36. The summed E-state index contributed by atoms with van der Waals surface area (Å²) in [5, 5.41) is 3.78. The van der Waals surface area contributed by atoms with Gasteiger partial charge in [0.25, 0.3) is 5.91 Å². The van der Waals surface area contributed by atoms with E-state index in [1.807, 2.05) is 25.1 Å². The van der Waals surface area contributed by atoms with E-state index in [9.17, 15) is 4.79 Å². The number of halogens is 1. The van der Waals surface area contributed by atoms with Crippen molar-refractivity contribution in [2.75, 3.05) is 6.54 Å². The summed E-state index contributed by atoms with van der Waals surface area (Å²) in [6, 6.07) is 16.1. The van der Waals surface area contributed by atoms with Crippen molar-refractivity contribution in [1.29, 1.82) is 0 Å². The average molecular weight is 356 g/mol. The summed E-state index contributed by atoms with van der Waals surface area (Å²) < 4.78 is 0. The van der Waals surface area contributed by atoms with Crippen LogP contribution in [0.2, 0.25) is 5.02 Å². The molecule has 1 unspecified atom stereocenters. The smallest absolute Gasteiger partial charge is 0.251 e. The molecule has 0 radical (unpaired) electrons. The van der Waals surface area contributed by atoms with Gasteiger partial charge in [-0.2, -0.15) is 0 Å². The number of carbonyl (C=O) groups excluding carboxylic acids is 1. The molecule has 1 fully saturated rings. The normalized spacial score (nSPS) is 16.4. The third kappa shape index (κ3) is 4.64. The molecule has 0 bridgehead atoms. The van der Waals surface area contributed by atoms with Crippen molar-refractivity contribution >= 4 is 17.5 Å². The van der Waals surface area contributed by atoms with E-state index in [-0.39, 0.29) is 5.91 Å². The Kier molecular flexibility index (Phi) is 6.14. The Hall–Kier alpha value is -1.80. The van der Waals surface area contributed by atoms with Gasteiger partial charge >= 0.3 is 0 Å². The molecular formula is C22H26ClNO. The highest BCUT2D eigenvalue weighted by Gasteiger charge is 2.25. The van der Waals surface area contributed by atoms with Gasteiger partial charge in [0.2, 0.25) is 0 Å². The zero-order valence-electron chi connectivity index (χ0n) is 14.8. The highest BCUT2D eigenvalue weighted by Crippen LogP contribution is 2.35. The van der Waals surface area contributed by atoms with Crippen LogP contribution < -0.4 is 5.32 Å². The molecule has 0 saturated heterocycles. The minimum Gasteiger partial charge on any atom is -0.351 e. The van der Waals surface area contributed by atoms with Gasteiger partial charge in [0.05, 0.1) is 0 Å². The number of hydrogen-bond donors (Lipinski definition) is 1. The Morgan fingerprint density at radius 2 is 1.84 bits per heavy atom. The monoisotopic (exact) mass is 355 g/mol. The second-order valence-corrected chi connectivity index (χ2v) is 7.50. The molecule has 3 rings (SSSR count). The van der Waals surface area contributed by atoms with Crippen LogP contribution in [-0.2, 0) is 0 Å². The predicted octanol–water partition coefficient (Wildman–Crippen LogP) is 5.74. The van der Waals surface area contributed by atoms with Crippen LogP contribution in [0.15, 0.2) is 48.5 Å². The summed E-state index contributed by atoms with van der Waals surface area (Å²) in [7, 11) is 0. The van der Waals surface area contributed by atoms with Crippen LogP contribution in [0.1, 0.15) is 59.5 Å². The highest BCUT2D eigenvalue weighted by molar-refractivity contribution is 6.31. The summed E-state index contributed by atoms with van der Waals surface area (Å²) in [6.07, 6.45) is 6.45. The molecule has 2 nitrogen and oxygen atoms in total. The summed E-state index contributed by atoms with van der Waals surface area (Å²) >= 11 is 6.16. The van der Waals surface area contributed by atoms with Crippen molar-refractivity contribution in [3.8, 4) is 0 Å². The van der Waals surface area contributed by atoms with Crippen molar-refractivity contribution < 1.29 is 4.79 Å². The predicted molar refractivity (Wildman–Crippen MR) is 104 cm³/mol. The maximum absolute atomic E-state index is 12.6. The van der Waals surface area contributed by atoms with E-state index in [1.54, 1.807) is 6.07 Å². The fourth-order valence-electron chi connectivity index (χ4n) is 3.83. The van der Waals surface area contributed by atoms with Crippen LogP contribution in [0.5, 0.6) is 0 Å². The largest absolute Gasteiger partial charge is 0.351 e.